The zero-order valence-electron chi connectivity index (χ0n) is 11.7. The molecule has 2 rings (SSSR count). The molecule has 2 heterocycles. The Kier molecular flexibility index (Phi) is 5.31. The van der Waals surface area contributed by atoms with Crippen LogP contribution >= 0.6 is 11.3 Å². The van der Waals surface area contributed by atoms with E-state index in [0.29, 0.717) is 6.04 Å². The second kappa shape index (κ2) is 7.20. The van der Waals surface area contributed by atoms with Gasteiger partial charge in [-0.3, -0.25) is 9.88 Å². The number of hydrogen-bond donors (Lipinski definition) is 1. The summed E-state index contributed by atoms with van der Waals surface area (Å²) in [6.07, 6.45) is 3.70. The molecule has 0 spiro atoms. The van der Waals surface area contributed by atoms with E-state index in [1.54, 1.807) is 17.5 Å². The topological polar surface area (TPSA) is 36.4 Å². The van der Waals surface area contributed by atoms with Crippen LogP contribution in [0.15, 0.2) is 36.0 Å². The lowest BCUT2D eigenvalue weighted by molar-refractivity contribution is 0.255. The Balaban J connectivity index is 2.00. The van der Waals surface area contributed by atoms with E-state index in [0.717, 1.165) is 12.1 Å². The Morgan fingerprint density at radius 2 is 2.35 bits per heavy atom. The third kappa shape index (κ3) is 3.91. The van der Waals surface area contributed by atoms with Gasteiger partial charge in [-0.05, 0) is 31.7 Å². The molecule has 0 saturated heterocycles. The lowest BCUT2D eigenvalue weighted by atomic mass is 10.1. The minimum absolute atomic E-state index is 0.0941. The van der Waals surface area contributed by atoms with E-state index >= 15 is 0 Å². The minimum Gasteiger partial charge on any atom is -0.384 e. The molecule has 20 heavy (non-hydrogen) atoms. The van der Waals surface area contributed by atoms with Crippen LogP contribution in [0.25, 0.3) is 0 Å². The van der Waals surface area contributed by atoms with Crippen LogP contribution in [0.5, 0.6) is 0 Å². The molecule has 0 aliphatic rings. The SMILES string of the molecule is CC(c1cccnc1)N(C)Cc1cc(C#CCO)cs1. The van der Waals surface area contributed by atoms with E-state index in [1.165, 1.54) is 10.4 Å². The number of pyridine rings is 1. The molecule has 1 atom stereocenters. The summed E-state index contributed by atoms with van der Waals surface area (Å²) in [7, 11) is 2.11. The predicted octanol–water partition coefficient (Wildman–Crippen LogP) is 2.68. The van der Waals surface area contributed by atoms with Crippen molar-refractivity contribution in [3.05, 3.63) is 52.0 Å². The van der Waals surface area contributed by atoms with Gasteiger partial charge in [-0.25, -0.2) is 0 Å². The maximum atomic E-state index is 8.69. The summed E-state index contributed by atoms with van der Waals surface area (Å²) < 4.78 is 0. The molecule has 2 aromatic rings. The Hall–Kier alpha value is -1.67. The quantitative estimate of drug-likeness (QED) is 0.878. The molecule has 0 bridgehead atoms. The van der Waals surface area contributed by atoms with Crippen molar-refractivity contribution in [3.63, 3.8) is 0 Å². The molecule has 1 unspecified atom stereocenters. The number of hydrogen-bond acceptors (Lipinski definition) is 4. The monoisotopic (exact) mass is 286 g/mol. The molecule has 0 amide bonds. The summed E-state index contributed by atoms with van der Waals surface area (Å²) in [5.41, 5.74) is 2.19. The molecular weight excluding hydrogens is 268 g/mol. The Labute approximate surface area is 123 Å². The summed E-state index contributed by atoms with van der Waals surface area (Å²) in [5.74, 6) is 5.60. The van der Waals surface area contributed by atoms with Crippen molar-refractivity contribution in [1.82, 2.24) is 9.88 Å². The molecular formula is C16H18N2OS. The van der Waals surface area contributed by atoms with Gasteiger partial charge in [-0.15, -0.1) is 11.3 Å². The molecule has 4 heteroatoms. The van der Waals surface area contributed by atoms with Crippen molar-refractivity contribution in [3.8, 4) is 11.8 Å². The highest BCUT2D eigenvalue weighted by molar-refractivity contribution is 7.10. The fourth-order valence-corrected chi connectivity index (χ4v) is 2.81. The number of nitrogens with zero attached hydrogens (tertiary/aromatic N) is 2. The third-order valence-corrected chi connectivity index (χ3v) is 4.12. The van der Waals surface area contributed by atoms with E-state index in [2.05, 4.69) is 47.8 Å². The van der Waals surface area contributed by atoms with Gasteiger partial charge in [-0.2, -0.15) is 0 Å². The van der Waals surface area contributed by atoms with Crippen molar-refractivity contribution >= 4 is 11.3 Å². The average Bonchev–Trinajstić information content (AvgIpc) is 2.92. The highest BCUT2D eigenvalue weighted by atomic mass is 32.1. The van der Waals surface area contributed by atoms with E-state index in [1.807, 2.05) is 17.6 Å². The van der Waals surface area contributed by atoms with E-state index in [9.17, 15) is 0 Å². The fourth-order valence-electron chi connectivity index (χ4n) is 1.93. The van der Waals surface area contributed by atoms with Gasteiger partial charge < -0.3 is 5.11 Å². The molecule has 0 aliphatic heterocycles. The van der Waals surface area contributed by atoms with Crippen LogP contribution in [0.3, 0.4) is 0 Å². The molecule has 0 fully saturated rings. The molecule has 0 saturated carbocycles. The van der Waals surface area contributed by atoms with Gasteiger partial charge in [0.25, 0.3) is 0 Å². The number of rotatable bonds is 4. The van der Waals surface area contributed by atoms with Gasteiger partial charge in [0.05, 0.1) is 0 Å². The lowest BCUT2D eigenvalue weighted by Gasteiger charge is -2.24. The van der Waals surface area contributed by atoms with Gasteiger partial charge in [0.2, 0.25) is 0 Å². The first kappa shape index (κ1) is 14.7. The first-order chi connectivity index (χ1) is 9.70. The van der Waals surface area contributed by atoms with Gasteiger partial charge in [0.15, 0.2) is 0 Å². The van der Waals surface area contributed by atoms with Crippen LogP contribution in [0.1, 0.15) is 29.0 Å². The predicted molar refractivity (Wildman–Crippen MR) is 82.4 cm³/mol. The zero-order valence-corrected chi connectivity index (χ0v) is 12.5. The van der Waals surface area contributed by atoms with E-state index in [4.69, 9.17) is 5.11 Å². The maximum absolute atomic E-state index is 8.69. The first-order valence-corrected chi connectivity index (χ1v) is 7.36. The first-order valence-electron chi connectivity index (χ1n) is 6.48. The smallest absolute Gasteiger partial charge is 0.104 e. The summed E-state index contributed by atoms with van der Waals surface area (Å²) in [6.45, 7) is 2.96. The lowest BCUT2D eigenvalue weighted by Crippen LogP contribution is -2.21. The highest BCUT2D eigenvalue weighted by Gasteiger charge is 2.12. The van der Waals surface area contributed by atoms with Crippen molar-refractivity contribution in [2.45, 2.75) is 19.5 Å². The number of thiophene rings is 1. The highest BCUT2D eigenvalue weighted by Crippen LogP contribution is 2.22. The maximum Gasteiger partial charge on any atom is 0.104 e. The minimum atomic E-state index is -0.0941. The van der Waals surface area contributed by atoms with Crippen molar-refractivity contribution < 1.29 is 5.11 Å². The number of aliphatic hydroxyl groups excluding tert-OH is 1. The number of aromatic nitrogens is 1. The van der Waals surface area contributed by atoms with Crippen LogP contribution in [0.2, 0.25) is 0 Å². The van der Waals surface area contributed by atoms with Gasteiger partial charge >= 0.3 is 0 Å². The Bertz CT molecular complexity index is 598. The second-order valence-corrected chi connectivity index (χ2v) is 5.63. The molecule has 3 nitrogen and oxygen atoms in total. The zero-order chi connectivity index (χ0) is 14.4. The molecule has 0 aliphatic carbocycles. The van der Waals surface area contributed by atoms with Gasteiger partial charge in [0, 0.05) is 40.8 Å². The van der Waals surface area contributed by atoms with Crippen molar-refractivity contribution in [2.75, 3.05) is 13.7 Å². The molecule has 0 radical (unpaired) electrons. The molecule has 2 aromatic heterocycles. The fraction of sp³-hybridized carbons (Fsp3) is 0.312. The van der Waals surface area contributed by atoms with Gasteiger partial charge in [-0.1, -0.05) is 17.9 Å². The summed E-state index contributed by atoms with van der Waals surface area (Å²) >= 11 is 1.70. The largest absolute Gasteiger partial charge is 0.384 e. The standard InChI is InChI=1S/C16H18N2OS/c1-13(15-6-3-7-17-10-15)18(2)11-16-9-14(12-20-16)5-4-8-19/h3,6-7,9-10,12-13,19H,8,11H2,1-2H3. The summed E-state index contributed by atoms with van der Waals surface area (Å²) in [6, 6.07) is 6.46. The van der Waals surface area contributed by atoms with Crippen LogP contribution in [-0.2, 0) is 6.54 Å². The second-order valence-electron chi connectivity index (χ2n) is 4.64. The average molecular weight is 286 g/mol. The van der Waals surface area contributed by atoms with Crippen molar-refractivity contribution in [1.29, 1.82) is 0 Å². The van der Waals surface area contributed by atoms with Crippen LogP contribution in [0.4, 0.5) is 0 Å². The van der Waals surface area contributed by atoms with Crippen LogP contribution < -0.4 is 0 Å². The third-order valence-electron chi connectivity index (χ3n) is 3.20. The molecule has 104 valence electrons. The van der Waals surface area contributed by atoms with Crippen LogP contribution in [0, 0.1) is 11.8 Å². The summed E-state index contributed by atoms with van der Waals surface area (Å²) in [4.78, 5) is 7.72. The Morgan fingerprint density at radius 1 is 1.50 bits per heavy atom. The van der Waals surface area contributed by atoms with E-state index < -0.39 is 0 Å². The molecule has 1 N–H and O–H groups in total. The summed E-state index contributed by atoms with van der Waals surface area (Å²) in [5, 5.41) is 10.7. The van der Waals surface area contributed by atoms with Crippen LogP contribution in [-0.4, -0.2) is 28.6 Å². The van der Waals surface area contributed by atoms with E-state index in [-0.39, 0.29) is 6.61 Å². The number of aliphatic hydroxyl groups is 1. The normalized spacial score (nSPS) is 12.0. The molecule has 0 aromatic carbocycles. The van der Waals surface area contributed by atoms with Gasteiger partial charge in [0.1, 0.15) is 6.61 Å². The Morgan fingerprint density at radius 3 is 3.05 bits per heavy atom. The van der Waals surface area contributed by atoms with Crippen molar-refractivity contribution in [2.24, 2.45) is 0 Å².